The van der Waals surface area contributed by atoms with Gasteiger partial charge in [-0.05, 0) is 19.8 Å². The van der Waals surface area contributed by atoms with E-state index in [1.165, 1.54) is 148 Å². The maximum Gasteiger partial charge on any atom is 0.306 e. The van der Waals surface area contributed by atoms with Crippen molar-refractivity contribution < 1.29 is 19.1 Å². The van der Waals surface area contributed by atoms with Crippen LogP contribution in [0.5, 0.6) is 0 Å². The van der Waals surface area contributed by atoms with Crippen LogP contribution in [-0.2, 0) is 19.1 Å². The number of esters is 2. The molecular weight excluding hydrogens is 496 g/mol. The van der Waals surface area contributed by atoms with Gasteiger partial charge in [-0.1, -0.05) is 174 Å². The van der Waals surface area contributed by atoms with Crippen molar-refractivity contribution in [3.05, 3.63) is 0 Å². The molecule has 0 rings (SSSR count). The molecule has 4 nitrogen and oxygen atoms in total. The molecule has 0 bridgehead atoms. The highest BCUT2D eigenvalue weighted by Crippen LogP contribution is 2.15. The minimum Gasteiger partial charge on any atom is -0.462 e. The Morgan fingerprint density at radius 3 is 1.02 bits per heavy atom. The van der Waals surface area contributed by atoms with Crippen molar-refractivity contribution in [1.82, 2.24) is 0 Å². The zero-order valence-electron chi connectivity index (χ0n) is 27.4. The predicted molar refractivity (Wildman–Crippen MR) is 172 cm³/mol. The summed E-state index contributed by atoms with van der Waals surface area (Å²) < 4.78 is 10.7. The summed E-state index contributed by atoms with van der Waals surface area (Å²) in [6.07, 6.45) is 35.7. The number of ether oxygens (including phenoxy) is 2. The van der Waals surface area contributed by atoms with Crippen molar-refractivity contribution in [2.24, 2.45) is 0 Å². The second kappa shape index (κ2) is 32.5. The van der Waals surface area contributed by atoms with Gasteiger partial charge in [0.15, 0.2) is 0 Å². The molecule has 0 heterocycles. The fourth-order valence-electron chi connectivity index (χ4n) is 5.35. The Kier molecular flexibility index (Phi) is 31.6. The van der Waals surface area contributed by atoms with Crippen LogP contribution in [0, 0.1) is 0 Å². The van der Waals surface area contributed by atoms with Gasteiger partial charge in [0.1, 0.15) is 12.7 Å². The number of carbonyl (C=O) groups is 2. The van der Waals surface area contributed by atoms with Crippen LogP contribution in [-0.4, -0.2) is 24.6 Å². The summed E-state index contributed by atoms with van der Waals surface area (Å²) in [6, 6.07) is 0. The highest BCUT2D eigenvalue weighted by Gasteiger charge is 2.12. The van der Waals surface area contributed by atoms with E-state index in [9.17, 15) is 9.59 Å². The van der Waals surface area contributed by atoms with Gasteiger partial charge in [-0.3, -0.25) is 9.59 Å². The van der Waals surface area contributed by atoms with Gasteiger partial charge < -0.3 is 9.47 Å². The Hall–Kier alpha value is -1.06. The molecule has 0 fully saturated rings. The lowest BCUT2D eigenvalue weighted by Gasteiger charge is -2.13. The van der Waals surface area contributed by atoms with Crippen LogP contribution in [0.3, 0.4) is 0 Å². The summed E-state index contributed by atoms with van der Waals surface area (Å²) in [4.78, 5) is 24.1. The number of rotatable bonds is 32. The van der Waals surface area contributed by atoms with E-state index in [2.05, 4.69) is 13.8 Å². The Balaban J connectivity index is 3.40. The fourth-order valence-corrected chi connectivity index (χ4v) is 5.35. The second-order valence-corrected chi connectivity index (χ2v) is 12.3. The first-order chi connectivity index (χ1) is 19.6. The molecule has 0 N–H and O–H groups in total. The van der Waals surface area contributed by atoms with Crippen molar-refractivity contribution >= 4 is 11.9 Å². The molecule has 0 saturated heterocycles. The van der Waals surface area contributed by atoms with E-state index in [1.54, 1.807) is 0 Å². The molecule has 0 aliphatic carbocycles. The highest BCUT2D eigenvalue weighted by atomic mass is 16.6. The van der Waals surface area contributed by atoms with E-state index in [-0.39, 0.29) is 24.6 Å². The first-order valence-electron chi connectivity index (χ1n) is 17.9. The largest absolute Gasteiger partial charge is 0.462 e. The molecule has 0 spiro atoms. The lowest BCUT2D eigenvalue weighted by Crippen LogP contribution is -2.22. The van der Waals surface area contributed by atoms with Crippen LogP contribution < -0.4 is 0 Å². The van der Waals surface area contributed by atoms with E-state index in [1.807, 2.05) is 6.92 Å². The Bertz CT molecular complexity index is 533. The molecule has 0 saturated carbocycles. The van der Waals surface area contributed by atoms with Gasteiger partial charge in [0.25, 0.3) is 0 Å². The molecular formula is C36H70O4. The number of hydrogen-bond acceptors (Lipinski definition) is 4. The summed E-state index contributed by atoms with van der Waals surface area (Å²) in [6.45, 7) is 6.52. The predicted octanol–water partition coefficient (Wildman–Crippen LogP) is 11.8. The molecule has 1 unspecified atom stereocenters. The molecule has 0 aliphatic rings. The lowest BCUT2D eigenvalue weighted by molar-refractivity contribution is -0.158. The van der Waals surface area contributed by atoms with Crippen molar-refractivity contribution in [3.8, 4) is 0 Å². The Morgan fingerprint density at radius 1 is 0.425 bits per heavy atom. The van der Waals surface area contributed by atoms with E-state index < -0.39 is 0 Å². The Morgan fingerprint density at radius 2 is 0.700 bits per heavy atom. The first kappa shape index (κ1) is 38.9. The topological polar surface area (TPSA) is 52.6 Å². The summed E-state index contributed by atoms with van der Waals surface area (Å²) >= 11 is 0. The summed E-state index contributed by atoms with van der Waals surface area (Å²) in [5.74, 6) is -0.336. The van der Waals surface area contributed by atoms with Crippen LogP contribution >= 0.6 is 0 Å². The Labute approximate surface area is 250 Å². The van der Waals surface area contributed by atoms with Crippen LogP contribution in [0.15, 0.2) is 0 Å². The molecule has 0 radical (unpaired) electrons. The number of hydrogen-bond donors (Lipinski definition) is 0. The standard InChI is InChI=1S/C36H70O4/c1-4-6-8-10-12-14-16-18-20-22-24-26-28-30-32-36(38)40-34(3)33-39-35(37)31-29-27-25-23-21-19-17-15-13-11-9-7-5-2/h34H,4-33H2,1-3H3. The second-order valence-electron chi connectivity index (χ2n) is 12.3. The van der Waals surface area contributed by atoms with E-state index in [4.69, 9.17) is 9.47 Å². The van der Waals surface area contributed by atoms with E-state index in [0.29, 0.717) is 12.8 Å². The molecule has 238 valence electrons. The normalized spacial score (nSPS) is 12.0. The van der Waals surface area contributed by atoms with E-state index >= 15 is 0 Å². The average Bonchev–Trinajstić information content (AvgIpc) is 2.94. The average molecular weight is 567 g/mol. The molecule has 40 heavy (non-hydrogen) atoms. The third-order valence-electron chi connectivity index (χ3n) is 8.03. The summed E-state index contributed by atoms with van der Waals surface area (Å²) in [5, 5.41) is 0. The molecule has 4 heteroatoms. The number of unbranched alkanes of at least 4 members (excludes halogenated alkanes) is 25. The minimum atomic E-state index is -0.366. The van der Waals surface area contributed by atoms with Gasteiger partial charge in [-0.15, -0.1) is 0 Å². The van der Waals surface area contributed by atoms with Gasteiger partial charge in [-0.2, -0.15) is 0 Å². The number of carbonyl (C=O) groups excluding carboxylic acids is 2. The van der Waals surface area contributed by atoms with Gasteiger partial charge >= 0.3 is 11.9 Å². The van der Waals surface area contributed by atoms with Gasteiger partial charge in [0.05, 0.1) is 0 Å². The molecule has 0 amide bonds. The third-order valence-corrected chi connectivity index (χ3v) is 8.03. The zero-order valence-corrected chi connectivity index (χ0v) is 27.4. The minimum absolute atomic E-state index is 0.168. The highest BCUT2D eigenvalue weighted by molar-refractivity contribution is 5.70. The fraction of sp³-hybridized carbons (Fsp3) is 0.944. The maximum absolute atomic E-state index is 12.1. The maximum atomic E-state index is 12.1. The van der Waals surface area contributed by atoms with Crippen molar-refractivity contribution in [2.75, 3.05) is 6.61 Å². The van der Waals surface area contributed by atoms with Crippen LogP contribution in [0.25, 0.3) is 0 Å². The smallest absolute Gasteiger partial charge is 0.306 e. The molecule has 0 aromatic heterocycles. The van der Waals surface area contributed by atoms with Crippen molar-refractivity contribution in [2.45, 2.75) is 213 Å². The van der Waals surface area contributed by atoms with Crippen molar-refractivity contribution in [1.29, 1.82) is 0 Å². The van der Waals surface area contributed by atoms with Crippen molar-refractivity contribution in [3.63, 3.8) is 0 Å². The summed E-state index contributed by atoms with van der Waals surface area (Å²) in [5.41, 5.74) is 0. The molecule has 0 aromatic rings. The monoisotopic (exact) mass is 567 g/mol. The van der Waals surface area contributed by atoms with Crippen LogP contribution in [0.1, 0.15) is 207 Å². The summed E-state index contributed by atoms with van der Waals surface area (Å²) in [7, 11) is 0. The molecule has 0 aliphatic heterocycles. The van der Waals surface area contributed by atoms with Gasteiger partial charge in [0, 0.05) is 12.8 Å². The third kappa shape index (κ3) is 31.5. The molecule has 1 atom stereocenters. The van der Waals surface area contributed by atoms with Gasteiger partial charge in [-0.25, -0.2) is 0 Å². The quantitative estimate of drug-likeness (QED) is 0.0600. The SMILES string of the molecule is CCCCCCCCCCCCCCCCC(=O)OC(C)COC(=O)CCCCCCCCCCCCCCC. The van der Waals surface area contributed by atoms with Gasteiger partial charge in [0.2, 0.25) is 0 Å². The first-order valence-corrected chi connectivity index (χ1v) is 17.9. The lowest BCUT2D eigenvalue weighted by atomic mass is 10.0. The van der Waals surface area contributed by atoms with E-state index in [0.717, 1.165) is 25.7 Å². The molecule has 0 aromatic carbocycles. The van der Waals surface area contributed by atoms with Crippen LogP contribution in [0.4, 0.5) is 0 Å². The zero-order chi connectivity index (χ0) is 29.4. The van der Waals surface area contributed by atoms with Crippen LogP contribution in [0.2, 0.25) is 0 Å².